The molecular weight excluding hydrogens is 162 g/mol. The molecule has 0 aliphatic rings. The summed E-state index contributed by atoms with van der Waals surface area (Å²) in [4.78, 5) is 10.6. The zero-order chi connectivity index (χ0) is 9.02. The van der Waals surface area contributed by atoms with Crippen LogP contribution in [0, 0.1) is 11.3 Å². The van der Waals surface area contributed by atoms with Crippen LogP contribution < -0.4 is 11.5 Å². The van der Waals surface area contributed by atoms with Gasteiger partial charge in [0.2, 0.25) is 5.91 Å². The maximum Gasteiger partial charge on any atom is 0.233 e. The molecule has 0 aromatic heterocycles. The zero-order valence-corrected chi connectivity index (χ0v) is 7.07. The first-order valence-electron chi connectivity index (χ1n) is 3.16. The van der Waals surface area contributed by atoms with E-state index in [-0.39, 0.29) is 10.7 Å². The van der Waals surface area contributed by atoms with Crippen LogP contribution in [-0.2, 0) is 4.79 Å². The van der Waals surface area contributed by atoms with Crippen LogP contribution in [0.15, 0.2) is 0 Å². The molecule has 11 heavy (non-hydrogen) atoms. The van der Waals surface area contributed by atoms with Crippen LogP contribution in [0.2, 0.25) is 0 Å². The molecule has 5 heteroatoms. The quantitative estimate of drug-likeness (QED) is 0.406. The Bertz CT molecular complexity index is 188. The van der Waals surface area contributed by atoms with Crippen molar-refractivity contribution in [3.05, 3.63) is 0 Å². The minimum absolute atomic E-state index is 0.0237. The highest BCUT2D eigenvalue weighted by molar-refractivity contribution is 7.80. The van der Waals surface area contributed by atoms with E-state index in [0.29, 0.717) is 6.42 Å². The largest absolute Gasteiger partial charge is 0.392 e. The Morgan fingerprint density at radius 1 is 1.64 bits per heavy atom. The summed E-state index contributed by atoms with van der Waals surface area (Å²) in [5.41, 5.74) is 10.3. The summed E-state index contributed by atoms with van der Waals surface area (Å²) in [6.45, 7) is 1.75. The van der Waals surface area contributed by atoms with Crippen molar-refractivity contribution in [2.75, 3.05) is 0 Å². The second kappa shape index (κ2) is 4.02. The molecule has 0 spiro atoms. The van der Waals surface area contributed by atoms with Gasteiger partial charge in [-0.15, -0.1) is 0 Å². The minimum Gasteiger partial charge on any atom is -0.392 e. The molecule has 0 aromatic carbocycles. The van der Waals surface area contributed by atoms with Gasteiger partial charge in [-0.3, -0.25) is 4.79 Å². The fourth-order valence-corrected chi connectivity index (χ4v) is 0.946. The highest BCUT2D eigenvalue weighted by Gasteiger charge is 2.21. The normalized spacial score (nSPS) is 12.1. The van der Waals surface area contributed by atoms with E-state index in [1.165, 1.54) is 0 Å². The Kier molecular flexibility index (Phi) is 3.67. The van der Waals surface area contributed by atoms with Crippen molar-refractivity contribution in [3.8, 4) is 0 Å². The monoisotopic (exact) mass is 173 g/mol. The predicted molar refractivity (Wildman–Crippen MR) is 47.5 cm³/mol. The second-order valence-electron chi connectivity index (χ2n) is 2.12. The molecule has 1 amide bonds. The van der Waals surface area contributed by atoms with Crippen molar-refractivity contribution in [3.63, 3.8) is 0 Å². The number of amides is 1. The number of thiocarbonyl (C=S) groups is 1. The predicted octanol–water partition coefficient (Wildman–Crippen LogP) is -0.196. The molecule has 0 rings (SSSR count). The van der Waals surface area contributed by atoms with Gasteiger partial charge in [0.05, 0.1) is 4.99 Å². The summed E-state index contributed by atoms with van der Waals surface area (Å²) in [5, 5.41) is 7.29. The van der Waals surface area contributed by atoms with Crippen LogP contribution in [0.4, 0.5) is 0 Å². The molecular formula is C6H11N3OS. The van der Waals surface area contributed by atoms with Gasteiger partial charge < -0.3 is 16.9 Å². The van der Waals surface area contributed by atoms with Crippen LogP contribution >= 0.6 is 12.2 Å². The lowest BCUT2D eigenvalue weighted by atomic mass is 10.0. The van der Waals surface area contributed by atoms with Crippen molar-refractivity contribution in [1.82, 2.24) is 0 Å². The van der Waals surface area contributed by atoms with Crippen molar-refractivity contribution in [1.29, 1.82) is 5.41 Å². The standard InChI is InChI=1S/C6H11N3OS/c1-2-3(7)4(5(8)10)6(9)11/h4,7H,2H2,1H3,(H2,8,10)(H2,9,11). The third-order valence-electron chi connectivity index (χ3n) is 1.30. The molecule has 1 unspecified atom stereocenters. The molecule has 0 aliphatic carbocycles. The second-order valence-corrected chi connectivity index (χ2v) is 2.59. The number of primary amides is 1. The molecule has 0 fully saturated rings. The summed E-state index contributed by atoms with van der Waals surface area (Å²) in [6, 6.07) is 0. The van der Waals surface area contributed by atoms with Gasteiger partial charge in [0, 0.05) is 5.71 Å². The van der Waals surface area contributed by atoms with Crippen molar-refractivity contribution in [2.24, 2.45) is 17.4 Å². The third-order valence-corrected chi connectivity index (χ3v) is 1.53. The first kappa shape index (κ1) is 10.0. The Hall–Kier alpha value is -0.970. The number of nitrogens with one attached hydrogen (secondary N) is 1. The number of rotatable bonds is 4. The molecule has 0 saturated carbocycles. The average molecular weight is 173 g/mol. The number of hydrogen-bond acceptors (Lipinski definition) is 3. The van der Waals surface area contributed by atoms with Gasteiger partial charge in [-0.05, 0) is 6.42 Å². The molecule has 0 saturated heterocycles. The maximum atomic E-state index is 10.7. The van der Waals surface area contributed by atoms with Gasteiger partial charge in [0.25, 0.3) is 0 Å². The van der Waals surface area contributed by atoms with Crippen molar-refractivity contribution >= 4 is 28.8 Å². The summed E-state index contributed by atoms with van der Waals surface area (Å²) in [7, 11) is 0. The summed E-state index contributed by atoms with van der Waals surface area (Å²) < 4.78 is 0. The number of carbonyl (C=O) groups excluding carboxylic acids is 1. The van der Waals surface area contributed by atoms with Crippen molar-refractivity contribution < 1.29 is 4.79 Å². The first-order valence-corrected chi connectivity index (χ1v) is 3.57. The van der Waals surface area contributed by atoms with E-state index in [0.717, 1.165) is 0 Å². The van der Waals surface area contributed by atoms with E-state index in [2.05, 4.69) is 12.2 Å². The van der Waals surface area contributed by atoms with E-state index in [1.54, 1.807) is 6.92 Å². The Morgan fingerprint density at radius 2 is 2.09 bits per heavy atom. The van der Waals surface area contributed by atoms with Gasteiger partial charge in [-0.1, -0.05) is 19.1 Å². The molecule has 5 N–H and O–H groups in total. The SMILES string of the molecule is CCC(=N)C(C(N)=O)C(N)=S. The van der Waals surface area contributed by atoms with Gasteiger partial charge in [-0.2, -0.15) is 0 Å². The topological polar surface area (TPSA) is 93.0 Å². The summed E-state index contributed by atoms with van der Waals surface area (Å²) in [6.07, 6.45) is 0.435. The Balaban J connectivity index is 4.47. The van der Waals surface area contributed by atoms with Crippen LogP contribution in [0.1, 0.15) is 13.3 Å². The van der Waals surface area contributed by atoms with E-state index < -0.39 is 11.8 Å². The fourth-order valence-electron chi connectivity index (χ4n) is 0.688. The van der Waals surface area contributed by atoms with Crippen LogP contribution in [0.3, 0.4) is 0 Å². The Morgan fingerprint density at radius 3 is 2.18 bits per heavy atom. The van der Waals surface area contributed by atoms with Gasteiger partial charge in [0.1, 0.15) is 5.92 Å². The third kappa shape index (κ3) is 2.63. The molecule has 0 radical (unpaired) electrons. The molecule has 0 bridgehead atoms. The lowest BCUT2D eigenvalue weighted by molar-refractivity contribution is -0.118. The summed E-state index contributed by atoms with van der Waals surface area (Å²) in [5.74, 6) is -1.51. The Labute approximate surface area is 70.4 Å². The molecule has 4 nitrogen and oxygen atoms in total. The molecule has 1 atom stereocenters. The van der Waals surface area contributed by atoms with Crippen molar-refractivity contribution in [2.45, 2.75) is 13.3 Å². The number of hydrogen-bond donors (Lipinski definition) is 3. The van der Waals surface area contributed by atoms with E-state index in [9.17, 15) is 4.79 Å². The zero-order valence-electron chi connectivity index (χ0n) is 6.26. The molecule has 0 aliphatic heterocycles. The fraction of sp³-hybridized carbons (Fsp3) is 0.500. The van der Waals surface area contributed by atoms with Crippen LogP contribution in [-0.4, -0.2) is 16.6 Å². The van der Waals surface area contributed by atoms with E-state index in [4.69, 9.17) is 16.9 Å². The number of nitrogens with two attached hydrogens (primary N) is 2. The van der Waals surface area contributed by atoms with Gasteiger partial charge >= 0.3 is 0 Å². The smallest absolute Gasteiger partial charge is 0.233 e. The van der Waals surface area contributed by atoms with Gasteiger partial charge in [-0.25, -0.2) is 0 Å². The van der Waals surface area contributed by atoms with Crippen LogP contribution in [0.5, 0.6) is 0 Å². The maximum absolute atomic E-state index is 10.7. The summed E-state index contributed by atoms with van der Waals surface area (Å²) >= 11 is 4.57. The molecule has 62 valence electrons. The minimum atomic E-state index is -0.866. The van der Waals surface area contributed by atoms with Gasteiger partial charge in [0.15, 0.2) is 0 Å². The highest BCUT2D eigenvalue weighted by atomic mass is 32.1. The number of carbonyl (C=O) groups is 1. The highest BCUT2D eigenvalue weighted by Crippen LogP contribution is 2.01. The van der Waals surface area contributed by atoms with E-state index >= 15 is 0 Å². The molecule has 0 heterocycles. The lowest BCUT2D eigenvalue weighted by Crippen LogP contribution is -2.39. The molecule has 0 aromatic rings. The van der Waals surface area contributed by atoms with E-state index in [1.807, 2.05) is 0 Å². The first-order chi connectivity index (χ1) is 5.00. The lowest BCUT2D eigenvalue weighted by Gasteiger charge is -2.10. The van der Waals surface area contributed by atoms with Crippen LogP contribution in [0.25, 0.3) is 0 Å². The average Bonchev–Trinajstić information content (AvgIpc) is 1.85.